The number of benzene rings is 1. The summed E-state index contributed by atoms with van der Waals surface area (Å²) in [5, 5.41) is 0. The van der Waals surface area contributed by atoms with E-state index in [1.165, 1.54) is 12.8 Å². The Balaban J connectivity index is 1.41. The summed E-state index contributed by atoms with van der Waals surface area (Å²) in [5.41, 5.74) is 1.39. The molecule has 0 aromatic heterocycles. The van der Waals surface area contributed by atoms with Gasteiger partial charge in [-0.1, -0.05) is 38.1 Å². The zero-order valence-electron chi connectivity index (χ0n) is 13.7. The number of rotatable bonds is 11. The average molecular weight is 304 g/mol. The molecule has 1 fully saturated rings. The Morgan fingerprint density at radius 2 is 1.77 bits per heavy atom. The zero-order chi connectivity index (χ0) is 15.7. The lowest BCUT2D eigenvalue weighted by Crippen LogP contribution is -2.43. The molecule has 1 saturated heterocycles. The minimum Gasteiger partial charge on any atom is -0.494 e. The second-order valence-electron chi connectivity index (χ2n) is 6.39. The molecule has 22 heavy (non-hydrogen) atoms. The summed E-state index contributed by atoms with van der Waals surface area (Å²) >= 11 is 0. The topological polar surface area (TPSA) is 27.7 Å². The van der Waals surface area contributed by atoms with Crippen LogP contribution < -0.4 is 4.74 Å². The van der Waals surface area contributed by atoms with Crippen molar-refractivity contribution < 1.29 is 14.2 Å². The molecule has 2 rings (SSSR count). The van der Waals surface area contributed by atoms with Gasteiger partial charge >= 0.3 is 0 Å². The maximum Gasteiger partial charge on any atom is 0.119 e. The summed E-state index contributed by atoms with van der Waals surface area (Å²) in [4.78, 5) is 0. The zero-order valence-corrected chi connectivity index (χ0v) is 13.7. The van der Waals surface area contributed by atoms with Crippen LogP contribution in [-0.4, -0.2) is 33.0 Å². The van der Waals surface area contributed by atoms with Gasteiger partial charge < -0.3 is 14.2 Å². The monoisotopic (exact) mass is 304 g/mol. The van der Waals surface area contributed by atoms with E-state index < -0.39 is 0 Å². The van der Waals surface area contributed by atoms with Gasteiger partial charge in [-0.3, -0.25) is 0 Å². The summed E-state index contributed by atoms with van der Waals surface area (Å²) in [6.07, 6.45) is 6.45. The van der Waals surface area contributed by atoms with Crippen LogP contribution in [0.5, 0.6) is 5.75 Å². The van der Waals surface area contributed by atoms with Crippen molar-refractivity contribution >= 4 is 6.08 Å². The van der Waals surface area contributed by atoms with Crippen LogP contribution in [-0.2, 0) is 9.47 Å². The molecule has 122 valence electrons. The summed E-state index contributed by atoms with van der Waals surface area (Å²) < 4.78 is 16.7. The maximum atomic E-state index is 5.72. The molecule has 1 aliphatic heterocycles. The largest absolute Gasteiger partial charge is 0.494 e. The lowest BCUT2D eigenvalue weighted by Gasteiger charge is -2.37. The third kappa shape index (κ3) is 5.82. The Bertz CT molecular complexity index is 434. The van der Waals surface area contributed by atoms with E-state index in [1.807, 2.05) is 30.3 Å². The van der Waals surface area contributed by atoms with E-state index >= 15 is 0 Å². The van der Waals surface area contributed by atoms with Crippen LogP contribution in [0.4, 0.5) is 0 Å². The van der Waals surface area contributed by atoms with Crippen molar-refractivity contribution in [1.29, 1.82) is 0 Å². The number of hydrogen-bond donors (Lipinski definition) is 0. The van der Waals surface area contributed by atoms with E-state index in [-0.39, 0.29) is 5.41 Å². The molecule has 0 saturated carbocycles. The van der Waals surface area contributed by atoms with Gasteiger partial charge in [0.05, 0.1) is 26.4 Å². The SMILES string of the molecule is C=Cc1ccc(OCCCCCCOCC2(C)COC2)cc1. The predicted octanol–water partition coefficient (Wildman–Crippen LogP) is 4.32. The highest BCUT2D eigenvalue weighted by atomic mass is 16.5. The minimum absolute atomic E-state index is 0.273. The van der Waals surface area contributed by atoms with Crippen LogP contribution in [0.25, 0.3) is 6.08 Å². The van der Waals surface area contributed by atoms with Crippen molar-refractivity contribution in [2.24, 2.45) is 5.41 Å². The second-order valence-corrected chi connectivity index (χ2v) is 6.39. The van der Waals surface area contributed by atoms with Crippen LogP contribution in [0, 0.1) is 5.41 Å². The Morgan fingerprint density at radius 3 is 2.36 bits per heavy atom. The molecule has 1 aromatic carbocycles. The van der Waals surface area contributed by atoms with Crippen molar-refractivity contribution in [2.75, 3.05) is 33.0 Å². The lowest BCUT2D eigenvalue weighted by atomic mass is 9.90. The van der Waals surface area contributed by atoms with Crippen molar-refractivity contribution in [2.45, 2.75) is 32.6 Å². The van der Waals surface area contributed by atoms with Gasteiger partial charge in [-0.05, 0) is 37.0 Å². The molecule has 3 nitrogen and oxygen atoms in total. The summed E-state index contributed by atoms with van der Waals surface area (Å²) in [7, 11) is 0. The normalized spacial score (nSPS) is 16.0. The van der Waals surface area contributed by atoms with Gasteiger partial charge in [0.1, 0.15) is 5.75 Å². The molecule has 0 N–H and O–H groups in total. The molecule has 0 atom stereocenters. The van der Waals surface area contributed by atoms with Gasteiger partial charge in [-0.25, -0.2) is 0 Å². The number of hydrogen-bond acceptors (Lipinski definition) is 3. The van der Waals surface area contributed by atoms with E-state index in [4.69, 9.17) is 14.2 Å². The van der Waals surface area contributed by atoms with Crippen LogP contribution in [0.3, 0.4) is 0 Å². The standard InChI is InChI=1S/C19H28O3/c1-3-17-8-10-18(11-9-17)22-13-7-5-4-6-12-20-14-19(2)15-21-16-19/h3,8-11H,1,4-7,12-16H2,2H3. The molecular weight excluding hydrogens is 276 g/mol. The Hall–Kier alpha value is -1.32. The van der Waals surface area contributed by atoms with Crippen molar-refractivity contribution in [3.8, 4) is 5.75 Å². The van der Waals surface area contributed by atoms with Crippen LogP contribution >= 0.6 is 0 Å². The molecule has 0 unspecified atom stereocenters. The van der Waals surface area contributed by atoms with Gasteiger partial charge in [0.25, 0.3) is 0 Å². The number of unbranched alkanes of at least 4 members (excludes halogenated alkanes) is 3. The fourth-order valence-corrected chi connectivity index (χ4v) is 2.40. The lowest BCUT2D eigenvalue weighted by molar-refractivity contribution is -0.137. The van der Waals surface area contributed by atoms with E-state index in [1.54, 1.807) is 0 Å². The van der Waals surface area contributed by atoms with Gasteiger partial charge in [0.15, 0.2) is 0 Å². The van der Waals surface area contributed by atoms with Crippen LogP contribution in [0.15, 0.2) is 30.8 Å². The van der Waals surface area contributed by atoms with Crippen LogP contribution in [0.1, 0.15) is 38.2 Å². The van der Waals surface area contributed by atoms with Gasteiger partial charge in [0, 0.05) is 12.0 Å². The molecule has 1 heterocycles. The first-order valence-corrected chi connectivity index (χ1v) is 8.23. The first kappa shape index (κ1) is 17.0. The average Bonchev–Trinajstić information content (AvgIpc) is 2.52. The summed E-state index contributed by atoms with van der Waals surface area (Å²) in [6, 6.07) is 8.03. The smallest absolute Gasteiger partial charge is 0.119 e. The molecule has 0 aliphatic carbocycles. The molecule has 1 aromatic rings. The predicted molar refractivity (Wildman–Crippen MR) is 90.2 cm³/mol. The van der Waals surface area contributed by atoms with Gasteiger partial charge in [0.2, 0.25) is 0 Å². The highest BCUT2D eigenvalue weighted by Gasteiger charge is 2.33. The highest BCUT2D eigenvalue weighted by Crippen LogP contribution is 2.26. The Labute approximate surface area is 134 Å². The molecule has 0 spiro atoms. The first-order valence-electron chi connectivity index (χ1n) is 8.23. The molecule has 1 aliphatic rings. The first-order chi connectivity index (χ1) is 10.7. The highest BCUT2D eigenvalue weighted by molar-refractivity contribution is 5.48. The van der Waals surface area contributed by atoms with Crippen molar-refractivity contribution in [1.82, 2.24) is 0 Å². The van der Waals surface area contributed by atoms with Crippen molar-refractivity contribution in [3.05, 3.63) is 36.4 Å². The molecule has 0 bridgehead atoms. The third-order valence-corrected chi connectivity index (χ3v) is 3.92. The van der Waals surface area contributed by atoms with Crippen molar-refractivity contribution in [3.63, 3.8) is 0 Å². The van der Waals surface area contributed by atoms with E-state index in [0.29, 0.717) is 0 Å². The van der Waals surface area contributed by atoms with E-state index in [9.17, 15) is 0 Å². The molecule has 3 heteroatoms. The quantitative estimate of drug-likeness (QED) is 0.570. The minimum atomic E-state index is 0.273. The van der Waals surface area contributed by atoms with Gasteiger partial charge in [-0.2, -0.15) is 0 Å². The van der Waals surface area contributed by atoms with E-state index in [2.05, 4.69) is 13.5 Å². The summed E-state index contributed by atoms with van der Waals surface area (Å²) in [5.74, 6) is 0.935. The summed E-state index contributed by atoms with van der Waals surface area (Å²) in [6.45, 7) is 10.1. The fourth-order valence-electron chi connectivity index (χ4n) is 2.40. The third-order valence-electron chi connectivity index (χ3n) is 3.92. The fraction of sp³-hybridized carbons (Fsp3) is 0.579. The molecular formula is C19H28O3. The van der Waals surface area contributed by atoms with Gasteiger partial charge in [-0.15, -0.1) is 0 Å². The molecule has 0 amide bonds. The molecule has 0 radical (unpaired) electrons. The van der Waals surface area contributed by atoms with E-state index in [0.717, 1.165) is 57.2 Å². The maximum absolute atomic E-state index is 5.72. The number of ether oxygens (including phenoxy) is 3. The Morgan fingerprint density at radius 1 is 1.09 bits per heavy atom. The van der Waals surface area contributed by atoms with Crippen LogP contribution in [0.2, 0.25) is 0 Å². The Kier molecular flexibility index (Phi) is 6.94. The second kappa shape index (κ2) is 8.96.